The largest absolute Gasteiger partial charge is 0.424 e. The zero-order chi connectivity index (χ0) is 13.5. The fourth-order valence-electron chi connectivity index (χ4n) is 2.99. The molecule has 0 N–H and O–H groups in total. The zero-order valence-corrected chi connectivity index (χ0v) is 11.1. The second-order valence-electron chi connectivity index (χ2n) is 5.35. The highest BCUT2D eigenvalue weighted by molar-refractivity contribution is 4.79. The van der Waals surface area contributed by atoms with E-state index in [0.717, 1.165) is 51.4 Å². The molecular weight excluding hydrogens is 244 g/mol. The molecule has 5 nitrogen and oxygen atoms in total. The minimum atomic E-state index is 0.0876. The summed E-state index contributed by atoms with van der Waals surface area (Å²) in [6.45, 7) is 0. The number of hydrogen-bond acceptors (Lipinski definition) is 5. The van der Waals surface area contributed by atoms with Gasteiger partial charge in [-0.15, -0.1) is 0 Å². The lowest BCUT2D eigenvalue weighted by atomic mass is 9.92. The lowest BCUT2D eigenvalue weighted by Gasteiger charge is -2.33. The van der Waals surface area contributed by atoms with Crippen LogP contribution < -0.4 is 0 Å². The van der Waals surface area contributed by atoms with Gasteiger partial charge in [0, 0.05) is 0 Å². The Kier molecular flexibility index (Phi) is 5.30. The Labute approximate surface area is 114 Å². The Bertz CT molecular complexity index is 311. The van der Waals surface area contributed by atoms with Crippen molar-refractivity contribution < 1.29 is 14.2 Å². The summed E-state index contributed by atoms with van der Waals surface area (Å²) in [5, 5.41) is 17.0. The molecular formula is C14H20N2O3. The molecule has 0 aromatic heterocycles. The molecule has 0 heterocycles. The van der Waals surface area contributed by atoms with Crippen molar-refractivity contribution in [3.05, 3.63) is 0 Å². The van der Waals surface area contributed by atoms with Gasteiger partial charge in [-0.2, -0.15) is 10.5 Å². The van der Waals surface area contributed by atoms with E-state index in [1.807, 2.05) is 0 Å². The van der Waals surface area contributed by atoms with E-state index in [9.17, 15) is 0 Å². The van der Waals surface area contributed by atoms with Crippen molar-refractivity contribution in [2.45, 2.75) is 75.8 Å². The molecule has 2 fully saturated rings. The SMILES string of the molecule is N#COC1CCC(OC2CCC(OC#N)CC2)CC1. The van der Waals surface area contributed by atoms with Gasteiger partial charge in [0.1, 0.15) is 12.2 Å². The van der Waals surface area contributed by atoms with Crippen molar-refractivity contribution in [3.63, 3.8) is 0 Å². The van der Waals surface area contributed by atoms with Gasteiger partial charge in [0.2, 0.25) is 0 Å². The normalized spacial score (nSPS) is 34.8. The third-order valence-corrected chi connectivity index (χ3v) is 4.07. The maximum atomic E-state index is 8.48. The molecule has 0 amide bonds. The van der Waals surface area contributed by atoms with Gasteiger partial charge in [-0.3, -0.25) is 0 Å². The molecule has 2 rings (SSSR count). The molecule has 2 aliphatic rings. The van der Waals surface area contributed by atoms with Crippen LogP contribution in [0.2, 0.25) is 0 Å². The lowest BCUT2D eigenvalue weighted by molar-refractivity contribution is -0.0722. The molecule has 0 spiro atoms. The number of rotatable bonds is 4. The Balaban J connectivity index is 1.64. The lowest BCUT2D eigenvalue weighted by Crippen LogP contribution is -2.32. The molecule has 0 atom stereocenters. The van der Waals surface area contributed by atoms with Crippen LogP contribution in [0.1, 0.15) is 51.4 Å². The highest BCUT2D eigenvalue weighted by atomic mass is 16.5. The van der Waals surface area contributed by atoms with Crippen LogP contribution in [-0.4, -0.2) is 24.4 Å². The van der Waals surface area contributed by atoms with Crippen LogP contribution in [0.25, 0.3) is 0 Å². The van der Waals surface area contributed by atoms with Gasteiger partial charge in [-0.25, -0.2) is 0 Å². The number of nitrogens with zero attached hydrogens (tertiary/aromatic N) is 2. The van der Waals surface area contributed by atoms with Crippen molar-refractivity contribution >= 4 is 0 Å². The summed E-state index contributed by atoms with van der Waals surface area (Å²) >= 11 is 0. The molecule has 0 aromatic rings. The van der Waals surface area contributed by atoms with E-state index in [-0.39, 0.29) is 12.2 Å². The molecule has 104 valence electrons. The molecule has 2 saturated carbocycles. The molecule has 0 unspecified atom stereocenters. The van der Waals surface area contributed by atoms with Crippen molar-refractivity contribution in [2.24, 2.45) is 0 Å². The van der Waals surface area contributed by atoms with Gasteiger partial charge in [0.25, 0.3) is 12.5 Å². The summed E-state index contributed by atoms with van der Waals surface area (Å²) in [5.74, 6) is 0. The summed E-state index contributed by atoms with van der Waals surface area (Å²) in [4.78, 5) is 0. The minimum Gasteiger partial charge on any atom is -0.424 e. The quantitative estimate of drug-likeness (QED) is 0.729. The van der Waals surface area contributed by atoms with E-state index in [4.69, 9.17) is 24.7 Å². The molecule has 0 aromatic carbocycles. The first-order valence-corrected chi connectivity index (χ1v) is 7.06. The van der Waals surface area contributed by atoms with E-state index in [2.05, 4.69) is 0 Å². The van der Waals surface area contributed by atoms with Crippen LogP contribution in [0.3, 0.4) is 0 Å². The molecule has 19 heavy (non-hydrogen) atoms. The average Bonchev–Trinajstić information content (AvgIpc) is 2.44. The minimum absolute atomic E-state index is 0.0876. The number of ether oxygens (including phenoxy) is 3. The van der Waals surface area contributed by atoms with Crippen LogP contribution >= 0.6 is 0 Å². The fraction of sp³-hybridized carbons (Fsp3) is 0.857. The number of nitriles is 2. The molecule has 0 saturated heterocycles. The Hall–Kier alpha value is -1.46. The monoisotopic (exact) mass is 264 g/mol. The van der Waals surface area contributed by atoms with Crippen LogP contribution in [0, 0.1) is 23.0 Å². The van der Waals surface area contributed by atoms with Gasteiger partial charge in [0.15, 0.2) is 0 Å². The van der Waals surface area contributed by atoms with Crippen molar-refractivity contribution in [1.29, 1.82) is 10.5 Å². The standard InChI is InChI=1S/C14H20N2O3/c15-9-17-11-1-5-13(6-2-11)19-14-7-3-12(4-8-14)18-10-16/h11-14H,1-8H2. The van der Waals surface area contributed by atoms with Crippen LogP contribution in [-0.2, 0) is 14.2 Å². The van der Waals surface area contributed by atoms with Gasteiger partial charge in [-0.05, 0) is 51.4 Å². The van der Waals surface area contributed by atoms with E-state index < -0.39 is 0 Å². The van der Waals surface area contributed by atoms with E-state index >= 15 is 0 Å². The van der Waals surface area contributed by atoms with Crippen LogP contribution in [0.5, 0.6) is 0 Å². The molecule has 5 heteroatoms. The van der Waals surface area contributed by atoms with E-state index in [1.165, 1.54) is 0 Å². The molecule has 0 bridgehead atoms. The van der Waals surface area contributed by atoms with E-state index in [0.29, 0.717) is 12.2 Å². The summed E-state index contributed by atoms with van der Waals surface area (Å²) in [6.07, 6.45) is 11.8. The smallest absolute Gasteiger partial charge is 0.286 e. The van der Waals surface area contributed by atoms with Crippen molar-refractivity contribution in [3.8, 4) is 12.5 Å². The van der Waals surface area contributed by atoms with E-state index in [1.54, 1.807) is 12.5 Å². The van der Waals surface area contributed by atoms with Gasteiger partial charge >= 0.3 is 0 Å². The fourth-order valence-corrected chi connectivity index (χ4v) is 2.99. The van der Waals surface area contributed by atoms with Crippen LogP contribution in [0.15, 0.2) is 0 Å². The maximum Gasteiger partial charge on any atom is 0.286 e. The Morgan fingerprint density at radius 2 is 0.895 bits per heavy atom. The van der Waals surface area contributed by atoms with Gasteiger partial charge in [-0.1, -0.05) is 0 Å². The predicted octanol–water partition coefficient (Wildman–Crippen LogP) is 2.62. The first-order chi connectivity index (χ1) is 9.31. The third-order valence-electron chi connectivity index (χ3n) is 4.07. The summed E-state index contributed by atoms with van der Waals surface area (Å²) < 4.78 is 16.0. The predicted molar refractivity (Wildman–Crippen MR) is 66.6 cm³/mol. The summed E-state index contributed by atoms with van der Waals surface area (Å²) in [7, 11) is 0. The summed E-state index contributed by atoms with van der Waals surface area (Å²) in [6, 6.07) is 0. The average molecular weight is 264 g/mol. The number of hydrogen-bond donors (Lipinski definition) is 0. The highest BCUT2D eigenvalue weighted by Crippen LogP contribution is 2.29. The topological polar surface area (TPSA) is 75.3 Å². The Morgan fingerprint density at radius 3 is 1.21 bits per heavy atom. The Morgan fingerprint density at radius 1 is 0.579 bits per heavy atom. The molecule has 0 aliphatic heterocycles. The van der Waals surface area contributed by atoms with Crippen molar-refractivity contribution in [2.75, 3.05) is 0 Å². The first kappa shape index (κ1) is 14.0. The second-order valence-corrected chi connectivity index (χ2v) is 5.35. The molecule has 0 radical (unpaired) electrons. The van der Waals surface area contributed by atoms with Crippen LogP contribution in [0.4, 0.5) is 0 Å². The highest BCUT2D eigenvalue weighted by Gasteiger charge is 2.28. The van der Waals surface area contributed by atoms with Gasteiger partial charge < -0.3 is 14.2 Å². The zero-order valence-electron chi connectivity index (χ0n) is 11.1. The van der Waals surface area contributed by atoms with Crippen molar-refractivity contribution in [1.82, 2.24) is 0 Å². The molecule has 2 aliphatic carbocycles. The first-order valence-electron chi connectivity index (χ1n) is 7.06. The van der Waals surface area contributed by atoms with Gasteiger partial charge in [0.05, 0.1) is 12.2 Å². The maximum absolute atomic E-state index is 8.48. The third kappa shape index (κ3) is 4.29. The summed E-state index contributed by atoms with van der Waals surface area (Å²) in [5.41, 5.74) is 0. The second kappa shape index (κ2) is 7.21.